The van der Waals surface area contributed by atoms with Gasteiger partial charge in [0.25, 0.3) is 0 Å². The van der Waals surface area contributed by atoms with Crippen molar-refractivity contribution in [2.45, 2.75) is 18.9 Å². The van der Waals surface area contributed by atoms with Gasteiger partial charge >= 0.3 is 11.9 Å². The van der Waals surface area contributed by atoms with Crippen molar-refractivity contribution in [3.8, 4) is 5.75 Å². The van der Waals surface area contributed by atoms with E-state index in [1.54, 1.807) is 19.3 Å². The summed E-state index contributed by atoms with van der Waals surface area (Å²) in [6, 6.07) is 4.85. The van der Waals surface area contributed by atoms with Gasteiger partial charge in [-0.3, -0.25) is 19.1 Å². The van der Waals surface area contributed by atoms with E-state index >= 15 is 0 Å². The molecule has 0 aliphatic rings. The van der Waals surface area contributed by atoms with E-state index in [-0.39, 0.29) is 18.7 Å². The summed E-state index contributed by atoms with van der Waals surface area (Å²) >= 11 is 3.38. The molecule has 0 bridgehead atoms. The fourth-order valence-corrected chi connectivity index (χ4v) is 2.98. The molecule has 0 radical (unpaired) electrons. The highest BCUT2D eigenvalue weighted by molar-refractivity contribution is 9.10. The Balaban J connectivity index is 2.09. The van der Waals surface area contributed by atoms with Crippen LogP contribution in [0.3, 0.4) is 0 Å². The van der Waals surface area contributed by atoms with Crippen LogP contribution in [-0.2, 0) is 23.9 Å². The Kier molecular flexibility index (Phi) is 8.60. The zero-order valence-corrected chi connectivity index (χ0v) is 18.3. The molecule has 1 N–H and O–H groups in total. The summed E-state index contributed by atoms with van der Waals surface area (Å²) in [5, 5.41) is 6.82. The molecule has 0 saturated heterocycles. The third-order valence-corrected chi connectivity index (χ3v) is 4.60. The SMILES string of the molecule is COC(=O)CC(CC(=O)OC)n1cc(NC(=O)/C=C/c2cc(Br)ccc2OC)cn1. The summed E-state index contributed by atoms with van der Waals surface area (Å²) in [5.41, 5.74) is 1.14. The number of esters is 2. The average Bonchev–Trinajstić information content (AvgIpc) is 3.19. The predicted molar refractivity (Wildman–Crippen MR) is 113 cm³/mol. The van der Waals surface area contributed by atoms with Crippen molar-refractivity contribution in [2.24, 2.45) is 0 Å². The highest BCUT2D eigenvalue weighted by Crippen LogP contribution is 2.24. The standard InChI is InChI=1S/C20H22BrN3O6/c1-28-17-6-5-14(21)8-13(17)4-7-18(25)23-15-11-22-24(12-15)16(9-19(26)29-2)10-20(27)30-3/h4-8,11-12,16H,9-10H2,1-3H3,(H,23,25)/b7-4+. The van der Waals surface area contributed by atoms with Crippen molar-refractivity contribution >= 4 is 45.5 Å². The second-order valence-electron chi connectivity index (χ2n) is 6.13. The third-order valence-electron chi connectivity index (χ3n) is 4.11. The van der Waals surface area contributed by atoms with Gasteiger partial charge < -0.3 is 19.5 Å². The maximum Gasteiger partial charge on any atom is 0.307 e. The fraction of sp³-hybridized carbons (Fsp3) is 0.300. The van der Waals surface area contributed by atoms with Gasteiger partial charge in [0.15, 0.2) is 0 Å². The minimum atomic E-state index is -0.600. The van der Waals surface area contributed by atoms with Crippen molar-refractivity contribution < 1.29 is 28.6 Å². The van der Waals surface area contributed by atoms with E-state index < -0.39 is 18.0 Å². The summed E-state index contributed by atoms with van der Waals surface area (Å²) in [6.07, 6.45) is 5.81. The van der Waals surface area contributed by atoms with Gasteiger partial charge in [-0.15, -0.1) is 0 Å². The zero-order valence-electron chi connectivity index (χ0n) is 16.8. The molecule has 2 aromatic rings. The van der Waals surface area contributed by atoms with Gasteiger partial charge in [0, 0.05) is 22.3 Å². The van der Waals surface area contributed by atoms with Gasteiger partial charge in [0.1, 0.15) is 5.75 Å². The molecule has 0 spiro atoms. The smallest absolute Gasteiger partial charge is 0.307 e. The maximum atomic E-state index is 12.3. The lowest BCUT2D eigenvalue weighted by Gasteiger charge is -2.15. The van der Waals surface area contributed by atoms with Crippen LogP contribution in [0.15, 0.2) is 41.1 Å². The first-order valence-electron chi connectivity index (χ1n) is 8.86. The van der Waals surface area contributed by atoms with Gasteiger partial charge in [-0.05, 0) is 24.3 Å². The Morgan fingerprint density at radius 2 is 1.83 bits per heavy atom. The van der Waals surface area contributed by atoms with Crippen LogP contribution in [0.5, 0.6) is 5.75 Å². The molecule has 1 aromatic carbocycles. The fourth-order valence-electron chi connectivity index (χ4n) is 2.60. The molecule has 0 aliphatic heterocycles. The molecule has 30 heavy (non-hydrogen) atoms. The van der Waals surface area contributed by atoms with Crippen LogP contribution in [0.4, 0.5) is 5.69 Å². The Labute approximate surface area is 182 Å². The van der Waals surface area contributed by atoms with Crippen molar-refractivity contribution in [1.82, 2.24) is 9.78 Å². The number of hydrogen-bond donors (Lipinski definition) is 1. The second kappa shape index (κ2) is 11.1. The number of halogens is 1. The number of nitrogens with one attached hydrogen (secondary N) is 1. The molecule has 1 aromatic heterocycles. The van der Waals surface area contributed by atoms with Gasteiger partial charge in [0.2, 0.25) is 5.91 Å². The molecule has 0 saturated carbocycles. The first kappa shape index (κ1) is 23.1. The predicted octanol–water partition coefficient (Wildman–Crippen LogP) is 2.97. The molecule has 2 rings (SSSR count). The van der Waals surface area contributed by atoms with E-state index in [1.807, 2.05) is 12.1 Å². The maximum absolute atomic E-state index is 12.3. The van der Waals surface area contributed by atoms with Crippen LogP contribution >= 0.6 is 15.9 Å². The largest absolute Gasteiger partial charge is 0.496 e. The topological polar surface area (TPSA) is 109 Å². The first-order valence-corrected chi connectivity index (χ1v) is 9.66. The van der Waals surface area contributed by atoms with Gasteiger partial charge in [-0.1, -0.05) is 15.9 Å². The summed E-state index contributed by atoms with van der Waals surface area (Å²) < 4.78 is 16.9. The van der Waals surface area contributed by atoms with Crippen LogP contribution in [0.1, 0.15) is 24.4 Å². The number of hydrogen-bond acceptors (Lipinski definition) is 7. The van der Waals surface area contributed by atoms with Crippen molar-refractivity contribution in [2.75, 3.05) is 26.6 Å². The van der Waals surface area contributed by atoms with Gasteiger partial charge in [0.05, 0.1) is 52.1 Å². The Morgan fingerprint density at radius 3 is 2.43 bits per heavy atom. The van der Waals surface area contributed by atoms with Crippen molar-refractivity contribution in [3.05, 3.63) is 46.7 Å². The number of anilines is 1. The Morgan fingerprint density at radius 1 is 1.17 bits per heavy atom. The van der Waals surface area contributed by atoms with Crippen molar-refractivity contribution in [1.29, 1.82) is 0 Å². The minimum Gasteiger partial charge on any atom is -0.496 e. The molecule has 10 heteroatoms. The number of benzene rings is 1. The normalized spacial score (nSPS) is 10.8. The monoisotopic (exact) mass is 479 g/mol. The Hall–Kier alpha value is -3.14. The number of aromatic nitrogens is 2. The molecule has 0 unspecified atom stereocenters. The van der Waals surface area contributed by atoms with E-state index in [0.717, 1.165) is 10.0 Å². The lowest BCUT2D eigenvalue weighted by molar-refractivity contribution is -0.144. The molecule has 0 fully saturated rings. The highest BCUT2D eigenvalue weighted by atomic mass is 79.9. The molecule has 1 heterocycles. The third kappa shape index (κ3) is 6.73. The van der Waals surface area contributed by atoms with E-state index in [4.69, 9.17) is 4.74 Å². The van der Waals surface area contributed by atoms with E-state index in [9.17, 15) is 14.4 Å². The van der Waals surface area contributed by atoms with E-state index in [1.165, 1.54) is 37.4 Å². The number of amides is 1. The number of rotatable bonds is 9. The highest BCUT2D eigenvalue weighted by Gasteiger charge is 2.21. The van der Waals surface area contributed by atoms with Crippen LogP contribution in [0.25, 0.3) is 6.08 Å². The summed E-state index contributed by atoms with van der Waals surface area (Å²) in [6.45, 7) is 0. The lowest BCUT2D eigenvalue weighted by atomic mass is 10.1. The molecular formula is C20H22BrN3O6. The molecular weight excluding hydrogens is 458 g/mol. The zero-order chi connectivity index (χ0) is 22.1. The van der Waals surface area contributed by atoms with Crippen LogP contribution < -0.4 is 10.1 Å². The number of carbonyl (C=O) groups is 3. The average molecular weight is 480 g/mol. The molecule has 160 valence electrons. The number of nitrogens with zero attached hydrogens (tertiary/aromatic N) is 2. The van der Waals surface area contributed by atoms with Gasteiger partial charge in [-0.2, -0.15) is 5.10 Å². The van der Waals surface area contributed by atoms with Crippen LogP contribution in [0, 0.1) is 0 Å². The van der Waals surface area contributed by atoms with E-state index in [0.29, 0.717) is 11.4 Å². The Bertz CT molecular complexity index is 922. The molecule has 0 atom stereocenters. The number of carbonyl (C=O) groups excluding carboxylic acids is 3. The van der Waals surface area contributed by atoms with Crippen LogP contribution in [-0.4, -0.2) is 49.0 Å². The molecule has 1 amide bonds. The summed E-state index contributed by atoms with van der Waals surface area (Å²) in [5.74, 6) is -0.732. The number of methoxy groups -OCH3 is 3. The molecule has 9 nitrogen and oxygen atoms in total. The second-order valence-corrected chi connectivity index (χ2v) is 7.05. The van der Waals surface area contributed by atoms with Crippen molar-refractivity contribution in [3.63, 3.8) is 0 Å². The van der Waals surface area contributed by atoms with Gasteiger partial charge in [-0.25, -0.2) is 0 Å². The summed E-state index contributed by atoms with van der Waals surface area (Å²) in [7, 11) is 4.08. The van der Waals surface area contributed by atoms with Crippen LogP contribution in [0.2, 0.25) is 0 Å². The minimum absolute atomic E-state index is 0.0662. The first-order chi connectivity index (χ1) is 14.4. The quantitative estimate of drug-likeness (QED) is 0.434. The number of ether oxygens (including phenoxy) is 3. The molecule has 0 aliphatic carbocycles. The lowest BCUT2D eigenvalue weighted by Crippen LogP contribution is -2.19. The summed E-state index contributed by atoms with van der Waals surface area (Å²) in [4.78, 5) is 35.5. The van der Waals surface area contributed by atoms with E-state index in [2.05, 4.69) is 35.8 Å².